The summed E-state index contributed by atoms with van der Waals surface area (Å²) in [5.74, 6) is 1.54. The minimum absolute atomic E-state index is 0.743. The number of anilines is 1. The maximum absolute atomic E-state index is 5.86. The molecule has 1 saturated carbocycles. The highest BCUT2D eigenvalue weighted by Crippen LogP contribution is 2.32. The molecule has 0 amide bonds. The molecule has 1 aliphatic rings. The Balaban J connectivity index is 2.00. The van der Waals surface area contributed by atoms with Gasteiger partial charge < -0.3 is 10.6 Å². The molecule has 2 rings (SSSR count). The molecule has 1 aliphatic carbocycles. The van der Waals surface area contributed by atoms with Crippen molar-refractivity contribution in [3.63, 3.8) is 0 Å². The molecule has 2 N–H and O–H groups in total. The van der Waals surface area contributed by atoms with E-state index in [4.69, 9.17) is 5.73 Å². The summed E-state index contributed by atoms with van der Waals surface area (Å²) in [5.41, 5.74) is 7.21. The summed E-state index contributed by atoms with van der Waals surface area (Å²) >= 11 is 0. The van der Waals surface area contributed by atoms with Gasteiger partial charge in [-0.15, -0.1) is 0 Å². The highest BCUT2D eigenvalue weighted by atomic mass is 15.1. The summed E-state index contributed by atoms with van der Waals surface area (Å²) in [6.45, 7) is 5.34. The Morgan fingerprint density at radius 1 is 1.18 bits per heavy atom. The Hall–Kier alpha value is -1.02. The van der Waals surface area contributed by atoms with Crippen LogP contribution in [0.5, 0.6) is 0 Å². The number of rotatable bonds is 5. The maximum atomic E-state index is 5.86. The van der Waals surface area contributed by atoms with Gasteiger partial charge in [0.25, 0.3) is 0 Å². The van der Waals surface area contributed by atoms with Crippen LogP contribution in [-0.2, 0) is 0 Å². The van der Waals surface area contributed by atoms with E-state index in [1.165, 1.54) is 31.5 Å². The Labute approximate surface area is 105 Å². The van der Waals surface area contributed by atoms with Crippen molar-refractivity contribution in [2.75, 3.05) is 24.5 Å². The van der Waals surface area contributed by atoms with E-state index in [1.54, 1.807) is 0 Å². The quantitative estimate of drug-likeness (QED) is 0.846. The van der Waals surface area contributed by atoms with Gasteiger partial charge in [-0.25, -0.2) is 0 Å². The number of hydrogen-bond acceptors (Lipinski definition) is 2. The van der Waals surface area contributed by atoms with Crippen molar-refractivity contribution in [1.82, 2.24) is 0 Å². The molecule has 0 radical (unpaired) electrons. The SMILES string of the molecule is CCN(CC1CCCC1CN)c1ccccc1. The summed E-state index contributed by atoms with van der Waals surface area (Å²) in [4.78, 5) is 2.48. The van der Waals surface area contributed by atoms with Crippen molar-refractivity contribution in [3.8, 4) is 0 Å². The molecule has 2 heteroatoms. The molecule has 1 aromatic carbocycles. The lowest BCUT2D eigenvalue weighted by Gasteiger charge is -2.29. The van der Waals surface area contributed by atoms with E-state index >= 15 is 0 Å². The molecule has 2 atom stereocenters. The largest absolute Gasteiger partial charge is 0.372 e. The lowest BCUT2D eigenvalue weighted by molar-refractivity contribution is 0.396. The smallest absolute Gasteiger partial charge is 0.0366 e. The average Bonchev–Trinajstić information content (AvgIpc) is 2.84. The van der Waals surface area contributed by atoms with Gasteiger partial charge in [0, 0.05) is 18.8 Å². The monoisotopic (exact) mass is 232 g/mol. The van der Waals surface area contributed by atoms with Crippen LogP contribution in [0, 0.1) is 11.8 Å². The number of nitrogens with two attached hydrogens (primary N) is 1. The second-order valence-electron chi connectivity index (χ2n) is 5.06. The molecule has 17 heavy (non-hydrogen) atoms. The van der Waals surface area contributed by atoms with Crippen molar-refractivity contribution >= 4 is 5.69 Å². The molecular weight excluding hydrogens is 208 g/mol. The fraction of sp³-hybridized carbons (Fsp3) is 0.600. The van der Waals surface area contributed by atoms with E-state index in [2.05, 4.69) is 42.2 Å². The second-order valence-corrected chi connectivity index (χ2v) is 5.06. The first-order chi connectivity index (χ1) is 8.35. The van der Waals surface area contributed by atoms with Gasteiger partial charge >= 0.3 is 0 Å². The number of para-hydroxylation sites is 1. The molecular formula is C15H24N2. The maximum Gasteiger partial charge on any atom is 0.0366 e. The normalized spacial score (nSPS) is 23.9. The third-order valence-electron chi connectivity index (χ3n) is 4.08. The summed E-state index contributed by atoms with van der Waals surface area (Å²) in [6.07, 6.45) is 4.04. The molecule has 0 heterocycles. The van der Waals surface area contributed by atoms with E-state index in [0.717, 1.165) is 24.9 Å². The van der Waals surface area contributed by atoms with Crippen LogP contribution in [0.1, 0.15) is 26.2 Å². The molecule has 1 fully saturated rings. The topological polar surface area (TPSA) is 29.3 Å². The summed E-state index contributed by atoms with van der Waals surface area (Å²) < 4.78 is 0. The predicted molar refractivity (Wildman–Crippen MR) is 74.2 cm³/mol. The van der Waals surface area contributed by atoms with E-state index < -0.39 is 0 Å². The van der Waals surface area contributed by atoms with Crippen LogP contribution in [0.4, 0.5) is 5.69 Å². The molecule has 2 nitrogen and oxygen atoms in total. The first-order valence-corrected chi connectivity index (χ1v) is 6.85. The summed E-state index contributed by atoms with van der Waals surface area (Å²) in [6, 6.07) is 10.7. The van der Waals surface area contributed by atoms with Crippen LogP contribution in [0.2, 0.25) is 0 Å². The molecule has 2 unspecified atom stereocenters. The first-order valence-electron chi connectivity index (χ1n) is 6.85. The van der Waals surface area contributed by atoms with Gasteiger partial charge in [-0.1, -0.05) is 24.6 Å². The van der Waals surface area contributed by atoms with Crippen molar-refractivity contribution in [1.29, 1.82) is 0 Å². The molecule has 0 aliphatic heterocycles. The lowest BCUT2D eigenvalue weighted by atomic mass is 9.95. The minimum Gasteiger partial charge on any atom is -0.372 e. The molecule has 0 aromatic heterocycles. The highest BCUT2D eigenvalue weighted by molar-refractivity contribution is 5.45. The van der Waals surface area contributed by atoms with E-state index in [0.29, 0.717) is 0 Å². The zero-order valence-electron chi connectivity index (χ0n) is 10.8. The molecule has 0 saturated heterocycles. The number of benzene rings is 1. The fourth-order valence-corrected chi connectivity index (χ4v) is 3.00. The van der Waals surface area contributed by atoms with Crippen molar-refractivity contribution < 1.29 is 0 Å². The molecule has 1 aromatic rings. The van der Waals surface area contributed by atoms with E-state index in [-0.39, 0.29) is 0 Å². The summed E-state index contributed by atoms with van der Waals surface area (Å²) in [7, 11) is 0. The van der Waals surface area contributed by atoms with Crippen LogP contribution in [0.15, 0.2) is 30.3 Å². The molecule has 0 spiro atoms. The Morgan fingerprint density at radius 2 is 1.88 bits per heavy atom. The van der Waals surface area contributed by atoms with Gasteiger partial charge in [0.05, 0.1) is 0 Å². The van der Waals surface area contributed by atoms with Gasteiger partial charge in [0.2, 0.25) is 0 Å². The standard InChI is InChI=1S/C15H24N2/c1-2-17(15-9-4-3-5-10-15)12-14-8-6-7-13(14)11-16/h3-5,9-10,13-14H,2,6-8,11-12,16H2,1H3. The molecule has 94 valence electrons. The van der Waals surface area contributed by atoms with Crippen LogP contribution in [0.25, 0.3) is 0 Å². The van der Waals surface area contributed by atoms with E-state index in [1.807, 2.05) is 0 Å². The van der Waals surface area contributed by atoms with Gasteiger partial charge in [0.15, 0.2) is 0 Å². The first kappa shape index (κ1) is 12.4. The Morgan fingerprint density at radius 3 is 2.53 bits per heavy atom. The average molecular weight is 232 g/mol. The van der Waals surface area contributed by atoms with Gasteiger partial charge in [-0.2, -0.15) is 0 Å². The number of hydrogen-bond donors (Lipinski definition) is 1. The van der Waals surface area contributed by atoms with Crippen LogP contribution < -0.4 is 10.6 Å². The van der Waals surface area contributed by atoms with Crippen molar-refractivity contribution in [2.24, 2.45) is 17.6 Å². The predicted octanol–water partition coefficient (Wildman–Crippen LogP) is 2.89. The lowest BCUT2D eigenvalue weighted by Crippen LogP contribution is -2.33. The summed E-state index contributed by atoms with van der Waals surface area (Å²) in [5, 5.41) is 0. The fourth-order valence-electron chi connectivity index (χ4n) is 3.00. The minimum atomic E-state index is 0.743. The highest BCUT2D eigenvalue weighted by Gasteiger charge is 2.27. The Kier molecular flexibility index (Phi) is 4.43. The molecule has 0 bridgehead atoms. The van der Waals surface area contributed by atoms with Gasteiger partial charge in [0.1, 0.15) is 0 Å². The van der Waals surface area contributed by atoms with Crippen LogP contribution in [-0.4, -0.2) is 19.6 Å². The third-order valence-corrected chi connectivity index (χ3v) is 4.08. The van der Waals surface area contributed by atoms with Crippen LogP contribution in [0.3, 0.4) is 0 Å². The van der Waals surface area contributed by atoms with Crippen LogP contribution >= 0.6 is 0 Å². The Bertz CT molecular complexity index is 323. The van der Waals surface area contributed by atoms with Gasteiger partial charge in [-0.3, -0.25) is 0 Å². The van der Waals surface area contributed by atoms with Crippen molar-refractivity contribution in [3.05, 3.63) is 30.3 Å². The van der Waals surface area contributed by atoms with Crippen molar-refractivity contribution in [2.45, 2.75) is 26.2 Å². The third kappa shape index (κ3) is 3.01. The van der Waals surface area contributed by atoms with E-state index in [9.17, 15) is 0 Å². The second kappa shape index (κ2) is 6.06. The van der Waals surface area contributed by atoms with Gasteiger partial charge in [-0.05, 0) is 50.3 Å². The zero-order chi connectivity index (χ0) is 12.1. The zero-order valence-corrected chi connectivity index (χ0v) is 10.8. The number of nitrogens with zero attached hydrogens (tertiary/aromatic N) is 1.